The van der Waals surface area contributed by atoms with Gasteiger partial charge in [-0.25, -0.2) is 4.79 Å². The van der Waals surface area contributed by atoms with Gasteiger partial charge in [0, 0.05) is 34.4 Å². The molecule has 6 heteroatoms. The van der Waals surface area contributed by atoms with Gasteiger partial charge in [0.15, 0.2) is 0 Å². The average molecular weight is 334 g/mol. The van der Waals surface area contributed by atoms with Crippen LogP contribution in [0.1, 0.15) is 22.5 Å². The van der Waals surface area contributed by atoms with Crippen LogP contribution < -0.4 is 5.32 Å². The van der Waals surface area contributed by atoms with Gasteiger partial charge in [-0.3, -0.25) is 0 Å². The van der Waals surface area contributed by atoms with Crippen LogP contribution in [-0.4, -0.2) is 22.9 Å². The van der Waals surface area contributed by atoms with Crippen molar-refractivity contribution in [1.82, 2.24) is 15.1 Å². The number of carbonyl (C=O) groups excluding carboxylic acids is 1. The Kier molecular flexibility index (Phi) is 3.93. The van der Waals surface area contributed by atoms with Crippen LogP contribution >= 0.6 is 22.9 Å². The van der Waals surface area contributed by atoms with E-state index in [2.05, 4.69) is 15.8 Å². The maximum atomic E-state index is 11.8. The number of hydrogen-bond acceptors (Lipinski definition) is 3. The van der Waals surface area contributed by atoms with Crippen LogP contribution in [0, 0.1) is 13.8 Å². The van der Waals surface area contributed by atoms with Crippen LogP contribution in [-0.2, 0) is 6.42 Å². The molecule has 2 aromatic heterocycles. The number of thiophene rings is 1. The molecule has 3 rings (SSSR count). The molecular formula is C16H16ClN3OS. The molecule has 1 N–H and O–H groups in total. The minimum absolute atomic E-state index is 0.218. The van der Waals surface area contributed by atoms with Gasteiger partial charge >= 0.3 is 6.03 Å². The molecule has 22 heavy (non-hydrogen) atoms. The lowest BCUT2D eigenvalue weighted by Crippen LogP contribution is -2.26. The Morgan fingerprint density at radius 1 is 1.41 bits per heavy atom. The molecule has 0 radical (unpaired) electrons. The fourth-order valence-corrected chi connectivity index (χ4v) is 3.73. The number of benzene rings is 1. The van der Waals surface area contributed by atoms with Crippen LogP contribution in [0.5, 0.6) is 0 Å². The number of aryl methyl sites for hydroxylation is 1. The highest BCUT2D eigenvalue weighted by Gasteiger charge is 2.17. The molecule has 2 heterocycles. The lowest BCUT2D eigenvalue weighted by Gasteiger charge is -2.04. The van der Waals surface area contributed by atoms with E-state index in [0.29, 0.717) is 0 Å². The van der Waals surface area contributed by atoms with Gasteiger partial charge in [0.2, 0.25) is 0 Å². The Hall–Kier alpha value is -1.85. The van der Waals surface area contributed by atoms with Crippen molar-refractivity contribution in [1.29, 1.82) is 0 Å². The highest BCUT2D eigenvalue weighted by Crippen LogP contribution is 2.31. The van der Waals surface area contributed by atoms with Gasteiger partial charge in [0.05, 0.1) is 5.69 Å². The van der Waals surface area contributed by atoms with Gasteiger partial charge in [0.1, 0.15) is 0 Å². The standard InChI is InChI=1S/C16H16ClN3OS/c1-9-13(10(2)20(19-9)16(21)18-3)6-11-8-22-15-5-4-12(17)7-14(11)15/h4-5,7-8H,6H2,1-3H3,(H,18,21). The molecule has 1 aromatic carbocycles. The van der Waals surface area contributed by atoms with Crippen molar-refractivity contribution in [3.8, 4) is 0 Å². The zero-order valence-corrected chi connectivity index (χ0v) is 14.2. The summed E-state index contributed by atoms with van der Waals surface area (Å²) in [5.41, 5.74) is 4.05. The van der Waals surface area contributed by atoms with Crippen LogP contribution in [0.2, 0.25) is 5.02 Å². The van der Waals surface area contributed by atoms with Crippen molar-refractivity contribution in [2.75, 3.05) is 7.05 Å². The summed E-state index contributed by atoms with van der Waals surface area (Å²) in [4.78, 5) is 11.8. The Morgan fingerprint density at radius 2 is 2.18 bits per heavy atom. The minimum atomic E-state index is -0.218. The number of nitrogens with one attached hydrogen (secondary N) is 1. The largest absolute Gasteiger partial charge is 0.342 e. The topological polar surface area (TPSA) is 46.9 Å². The first kappa shape index (κ1) is 15.1. The number of nitrogens with zero attached hydrogens (tertiary/aromatic N) is 2. The summed E-state index contributed by atoms with van der Waals surface area (Å²) in [5.74, 6) is 0. The summed E-state index contributed by atoms with van der Waals surface area (Å²) in [6.45, 7) is 3.86. The van der Waals surface area contributed by atoms with E-state index >= 15 is 0 Å². The summed E-state index contributed by atoms with van der Waals surface area (Å²) >= 11 is 7.82. The second-order valence-corrected chi connectivity index (χ2v) is 6.54. The predicted molar refractivity (Wildman–Crippen MR) is 91.2 cm³/mol. The minimum Gasteiger partial charge on any atom is -0.339 e. The molecule has 0 atom stereocenters. The molecule has 3 aromatic rings. The van der Waals surface area contributed by atoms with E-state index in [4.69, 9.17) is 11.6 Å². The van der Waals surface area contributed by atoms with Crippen molar-refractivity contribution < 1.29 is 4.79 Å². The molecule has 114 valence electrons. The van der Waals surface area contributed by atoms with Gasteiger partial charge in [-0.1, -0.05) is 11.6 Å². The molecule has 0 aliphatic carbocycles. The molecular weight excluding hydrogens is 318 g/mol. The number of aromatic nitrogens is 2. The van der Waals surface area contributed by atoms with Crippen LogP contribution in [0.15, 0.2) is 23.6 Å². The number of carbonyl (C=O) groups is 1. The molecule has 0 saturated heterocycles. The molecule has 1 amide bonds. The molecule has 0 bridgehead atoms. The first-order chi connectivity index (χ1) is 10.5. The van der Waals surface area contributed by atoms with Gasteiger partial charge < -0.3 is 5.32 Å². The Morgan fingerprint density at radius 3 is 2.91 bits per heavy atom. The SMILES string of the molecule is CNC(=O)n1nc(C)c(Cc2csc3ccc(Cl)cc23)c1C. The Labute approximate surface area is 137 Å². The lowest BCUT2D eigenvalue weighted by molar-refractivity contribution is 0.241. The smallest absolute Gasteiger partial charge is 0.339 e. The van der Waals surface area contributed by atoms with Crippen LogP contribution in [0.3, 0.4) is 0 Å². The highest BCUT2D eigenvalue weighted by molar-refractivity contribution is 7.17. The predicted octanol–water partition coefficient (Wildman–Crippen LogP) is 4.15. The number of rotatable bonds is 2. The van der Waals surface area contributed by atoms with E-state index in [0.717, 1.165) is 28.4 Å². The first-order valence-electron chi connectivity index (χ1n) is 6.94. The third-order valence-electron chi connectivity index (χ3n) is 3.83. The molecule has 0 unspecified atom stereocenters. The first-order valence-corrected chi connectivity index (χ1v) is 8.20. The van der Waals surface area contributed by atoms with Crippen molar-refractivity contribution >= 4 is 39.1 Å². The summed E-state index contributed by atoms with van der Waals surface area (Å²) in [7, 11) is 1.60. The van der Waals surface area contributed by atoms with Gasteiger partial charge in [-0.05, 0) is 48.4 Å². The fraction of sp³-hybridized carbons (Fsp3) is 0.250. The van der Waals surface area contributed by atoms with E-state index in [-0.39, 0.29) is 6.03 Å². The summed E-state index contributed by atoms with van der Waals surface area (Å²) in [6.07, 6.45) is 0.745. The monoisotopic (exact) mass is 333 g/mol. The second-order valence-electron chi connectivity index (χ2n) is 5.19. The number of fused-ring (bicyclic) bond motifs is 1. The Balaban J connectivity index is 2.04. The van der Waals surface area contributed by atoms with E-state index in [1.165, 1.54) is 20.3 Å². The molecule has 0 saturated carbocycles. The number of hydrogen-bond donors (Lipinski definition) is 1. The molecule has 0 aliphatic rings. The maximum absolute atomic E-state index is 11.8. The second kappa shape index (κ2) is 5.74. The zero-order valence-electron chi connectivity index (χ0n) is 12.6. The molecule has 0 aliphatic heterocycles. The van der Waals surface area contributed by atoms with Crippen molar-refractivity contribution in [2.45, 2.75) is 20.3 Å². The van der Waals surface area contributed by atoms with Gasteiger partial charge in [0.25, 0.3) is 0 Å². The van der Waals surface area contributed by atoms with Crippen LogP contribution in [0.4, 0.5) is 4.79 Å². The number of halogens is 1. The van der Waals surface area contributed by atoms with Crippen molar-refractivity contribution in [2.24, 2.45) is 0 Å². The van der Waals surface area contributed by atoms with E-state index in [1.807, 2.05) is 32.0 Å². The molecule has 0 spiro atoms. The summed E-state index contributed by atoms with van der Waals surface area (Å²) < 4.78 is 2.64. The lowest BCUT2D eigenvalue weighted by atomic mass is 10.0. The van der Waals surface area contributed by atoms with E-state index in [9.17, 15) is 4.79 Å². The maximum Gasteiger partial charge on any atom is 0.342 e. The number of amides is 1. The summed E-state index contributed by atoms with van der Waals surface area (Å²) in [5, 5.41) is 11.0. The molecule has 4 nitrogen and oxygen atoms in total. The third kappa shape index (κ3) is 2.51. The average Bonchev–Trinajstić information content (AvgIpc) is 3.02. The van der Waals surface area contributed by atoms with Gasteiger partial charge in [-0.15, -0.1) is 11.3 Å². The zero-order chi connectivity index (χ0) is 15.9. The Bertz CT molecular complexity index is 866. The quantitative estimate of drug-likeness (QED) is 0.766. The fourth-order valence-electron chi connectivity index (χ4n) is 2.62. The van der Waals surface area contributed by atoms with E-state index in [1.54, 1.807) is 18.4 Å². The highest BCUT2D eigenvalue weighted by atomic mass is 35.5. The summed E-state index contributed by atoms with van der Waals surface area (Å²) in [6, 6.07) is 5.73. The van der Waals surface area contributed by atoms with E-state index < -0.39 is 0 Å². The van der Waals surface area contributed by atoms with Gasteiger partial charge in [-0.2, -0.15) is 9.78 Å². The third-order valence-corrected chi connectivity index (χ3v) is 5.08. The molecule has 0 fully saturated rings. The van der Waals surface area contributed by atoms with Crippen molar-refractivity contribution in [3.63, 3.8) is 0 Å². The van der Waals surface area contributed by atoms with Crippen molar-refractivity contribution in [3.05, 3.63) is 51.1 Å². The normalized spacial score (nSPS) is 11.1. The van der Waals surface area contributed by atoms with Crippen LogP contribution in [0.25, 0.3) is 10.1 Å².